The van der Waals surface area contributed by atoms with Crippen molar-refractivity contribution in [2.75, 3.05) is 31.4 Å². The van der Waals surface area contributed by atoms with E-state index in [9.17, 15) is 13.2 Å². The van der Waals surface area contributed by atoms with Gasteiger partial charge in [0.25, 0.3) is 0 Å². The van der Waals surface area contributed by atoms with Crippen molar-refractivity contribution in [2.24, 2.45) is 0 Å². The normalized spacial score (nSPS) is 17.4. The Morgan fingerprint density at radius 1 is 1.15 bits per heavy atom. The SMILES string of the molecule is COC(=O)c1cc(N2CCCCC2)c(OC2=CC=CCC2)c(S(C)(=O)=O)c1. The number of carbonyl (C=O) groups excluding carboxylic acids is 1. The van der Waals surface area contributed by atoms with Crippen LogP contribution in [-0.2, 0) is 14.6 Å². The molecular formula is C20H25NO5S. The number of piperidine rings is 1. The zero-order chi connectivity index (χ0) is 19.4. The number of benzene rings is 1. The van der Waals surface area contributed by atoms with Crippen LogP contribution < -0.4 is 9.64 Å². The molecule has 0 spiro atoms. The third kappa shape index (κ3) is 4.53. The Bertz CT molecular complexity index is 880. The molecule has 7 heteroatoms. The van der Waals surface area contributed by atoms with Crippen LogP contribution in [-0.4, -0.2) is 40.8 Å². The largest absolute Gasteiger partial charge is 0.465 e. The predicted molar refractivity (Wildman–Crippen MR) is 104 cm³/mol. The fraction of sp³-hybridized carbons (Fsp3) is 0.450. The summed E-state index contributed by atoms with van der Waals surface area (Å²) in [6, 6.07) is 3.03. The molecule has 1 saturated heterocycles. The summed E-state index contributed by atoms with van der Waals surface area (Å²) in [5.41, 5.74) is 0.844. The van der Waals surface area contributed by atoms with Crippen molar-refractivity contribution >= 4 is 21.5 Å². The Hall–Kier alpha value is -2.28. The van der Waals surface area contributed by atoms with E-state index in [-0.39, 0.29) is 10.5 Å². The second kappa shape index (κ2) is 8.17. The molecule has 2 aliphatic rings. The van der Waals surface area contributed by atoms with Crippen LogP contribution in [0.4, 0.5) is 5.69 Å². The number of nitrogens with zero attached hydrogens (tertiary/aromatic N) is 1. The van der Waals surface area contributed by atoms with Gasteiger partial charge in [0.1, 0.15) is 10.7 Å². The standard InChI is InChI=1S/C20H25NO5S/c1-25-20(22)15-13-17(21-11-7-4-8-12-21)19(18(14-15)27(2,23)24)26-16-9-5-3-6-10-16/h3,5,9,13-14H,4,6-8,10-12H2,1-2H3. The van der Waals surface area contributed by atoms with Gasteiger partial charge in [-0.3, -0.25) is 0 Å². The van der Waals surface area contributed by atoms with Gasteiger partial charge in [-0.05, 0) is 43.9 Å². The Labute approximate surface area is 160 Å². The van der Waals surface area contributed by atoms with E-state index in [2.05, 4.69) is 4.90 Å². The minimum atomic E-state index is -3.61. The number of allylic oxidation sites excluding steroid dienone is 4. The maximum Gasteiger partial charge on any atom is 0.337 e. The molecule has 3 rings (SSSR count). The van der Waals surface area contributed by atoms with Crippen LogP contribution in [0, 0.1) is 0 Å². The zero-order valence-corrected chi connectivity index (χ0v) is 16.5. The minimum Gasteiger partial charge on any atom is -0.465 e. The number of anilines is 1. The lowest BCUT2D eigenvalue weighted by Gasteiger charge is -2.31. The molecule has 1 fully saturated rings. The van der Waals surface area contributed by atoms with E-state index in [1.54, 1.807) is 6.07 Å². The number of rotatable bonds is 5. The van der Waals surface area contributed by atoms with Crippen molar-refractivity contribution in [3.8, 4) is 5.75 Å². The monoisotopic (exact) mass is 391 g/mol. The lowest BCUT2D eigenvalue weighted by Crippen LogP contribution is -2.30. The minimum absolute atomic E-state index is 0.0152. The summed E-state index contributed by atoms with van der Waals surface area (Å²) >= 11 is 0. The number of esters is 1. The first kappa shape index (κ1) is 19.5. The Morgan fingerprint density at radius 2 is 1.89 bits per heavy atom. The third-order valence-corrected chi connectivity index (χ3v) is 5.86. The third-order valence-electron chi connectivity index (χ3n) is 4.76. The summed E-state index contributed by atoms with van der Waals surface area (Å²) in [5, 5.41) is 0. The average molecular weight is 391 g/mol. The van der Waals surface area contributed by atoms with Gasteiger partial charge in [0.2, 0.25) is 0 Å². The molecule has 27 heavy (non-hydrogen) atoms. The Morgan fingerprint density at radius 3 is 2.48 bits per heavy atom. The van der Waals surface area contributed by atoms with Crippen molar-refractivity contribution in [1.82, 2.24) is 0 Å². The van der Waals surface area contributed by atoms with Gasteiger partial charge < -0.3 is 14.4 Å². The quantitative estimate of drug-likeness (QED) is 0.716. The van der Waals surface area contributed by atoms with Crippen LogP contribution in [0.2, 0.25) is 0 Å². The van der Waals surface area contributed by atoms with E-state index in [1.807, 2.05) is 18.2 Å². The van der Waals surface area contributed by atoms with Crippen molar-refractivity contribution < 1.29 is 22.7 Å². The van der Waals surface area contributed by atoms with Crippen LogP contribution in [0.3, 0.4) is 0 Å². The van der Waals surface area contributed by atoms with Gasteiger partial charge >= 0.3 is 5.97 Å². The van der Waals surface area contributed by atoms with Gasteiger partial charge in [-0.1, -0.05) is 12.2 Å². The first-order valence-electron chi connectivity index (χ1n) is 9.15. The molecule has 0 unspecified atom stereocenters. The molecule has 0 N–H and O–H groups in total. The summed E-state index contributed by atoms with van der Waals surface area (Å²) in [6.45, 7) is 1.59. The van der Waals surface area contributed by atoms with Crippen LogP contribution >= 0.6 is 0 Å². The molecule has 0 saturated carbocycles. The maximum absolute atomic E-state index is 12.5. The molecule has 0 bridgehead atoms. The van der Waals surface area contributed by atoms with E-state index in [0.29, 0.717) is 23.6 Å². The first-order chi connectivity index (χ1) is 12.9. The van der Waals surface area contributed by atoms with Crippen LogP contribution in [0.1, 0.15) is 42.5 Å². The van der Waals surface area contributed by atoms with Gasteiger partial charge in [0.15, 0.2) is 15.6 Å². The van der Waals surface area contributed by atoms with Gasteiger partial charge in [-0.2, -0.15) is 0 Å². The fourth-order valence-electron chi connectivity index (χ4n) is 3.37. The average Bonchev–Trinajstić information content (AvgIpc) is 2.68. The van der Waals surface area contributed by atoms with Crippen LogP contribution in [0.15, 0.2) is 41.0 Å². The molecule has 0 amide bonds. The van der Waals surface area contributed by atoms with Gasteiger partial charge in [-0.25, -0.2) is 13.2 Å². The molecule has 1 aromatic carbocycles. The van der Waals surface area contributed by atoms with E-state index >= 15 is 0 Å². The summed E-state index contributed by atoms with van der Waals surface area (Å²) < 4.78 is 35.9. The van der Waals surface area contributed by atoms with Crippen molar-refractivity contribution in [1.29, 1.82) is 0 Å². The van der Waals surface area contributed by atoms with E-state index in [4.69, 9.17) is 9.47 Å². The van der Waals surface area contributed by atoms with Gasteiger partial charge in [-0.15, -0.1) is 0 Å². The molecule has 0 atom stereocenters. The maximum atomic E-state index is 12.5. The molecule has 1 aliphatic heterocycles. The highest BCUT2D eigenvalue weighted by Crippen LogP contribution is 2.40. The van der Waals surface area contributed by atoms with E-state index in [1.165, 1.54) is 13.2 Å². The highest BCUT2D eigenvalue weighted by atomic mass is 32.2. The fourth-order valence-corrected chi connectivity index (χ4v) is 4.19. The van der Waals surface area contributed by atoms with Crippen LogP contribution in [0.25, 0.3) is 0 Å². The molecule has 6 nitrogen and oxygen atoms in total. The lowest BCUT2D eigenvalue weighted by molar-refractivity contribution is 0.0600. The molecular weight excluding hydrogens is 366 g/mol. The number of hydrogen-bond donors (Lipinski definition) is 0. The molecule has 0 aromatic heterocycles. The van der Waals surface area contributed by atoms with Gasteiger partial charge in [0, 0.05) is 25.8 Å². The summed E-state index contributed by atoms with van der Waals surface area (Å²) in [4.78, 5) is 14.2. The number of sulfone groups is 1. The number of ether oxygens (including phenoxy) is 2. The molecule has 0 radical (unpaired) electrons. The molecule has 1 aromatic rings. The second-order valence-electron chi connectivity index (χ2n) is 6.84. The van der Waals surface area contributed by atoms with E-state index in [0.717, 1.165) is 45.0 Å². The zero-order valence-electron chi connectivity index (χ0n) is 15.7. The first-order valence-corrected chi connectivity index (χ1v) is 11.0. The second-order valence-corrected chi connectivity index (χ2v) is 8.82. The Kier molecular flexibility index (Phi) is 5.89. The van der Waals surface area contributed by atoms with Crippen LogP contribution in [0.5, 0.6) is 5.75 Å². The smallest absolute Gasteiger partial charge is 0.337 e. The number of methoxy groups -OCH3 is 1. The number of carbonyl (C=O) groups is 1. The van der Waals surface area contributed by atoms with E-state index < -0.39 is 15.8 Å². The molecule has 1 heterocycles. The highest BCUT2D eigenvalue weighted by Gasteiger charge is 2.27. The van der Waals surface area contributed by atoms with Crippen molar-refractivity contribution in [2.45, 2.75) is 37.0 Å². The number of hydrogen-bond acceptors (Lipinski definition) is 6. The van der Waals surface area contributed by atoms with Gasteiger partial charge in [0.05, 0.1) is 18.4 Å². The topological polar surface area (TPSA) is 72.9 Å². The Balaban J connectivity index is 2.17. The summed E-state index contributed by atoms with van der Waals surface area (Å²) in [7, 11) is -2.33. The lowest BCUT2D eigenvalue weighted by atomic mass is 10.1. The molecule has 1 aliphatic carbocycles. The van der Waals surface area contributed by atoms with Crippen molar-refractivity contribution in [3.63, 3.8) is 0 Å². The summed E-state index contributed by atoms with van der Waals surface area (Å²) in [6.07, 6.45) is 11.6. The van der Waals surface area contributed by atoms with Crippen molar-refractivity contribution in [3.05, 3.63) is 41.7 Å². The molecule has 146 valence electrons. The summed E-state index contributed by atoms with van der Waals surface area (Å²) in [5.74, 6) is 0.449. The highest BCUT2D eigenvalue weighted by molar-refractivity contribution is 7.90. The predicted octanol–water partition coefficient (Wildman–Crippen LogP) is 3.48.